The average Bonchev–Trinajstić information content (AvgIpc) is 3.42. The normalized spacial score (nSPS) is 13.2. The Bertz CT molecular complexity index is 1740. The van der Waals surface area contributed by atoms with Gasteiger partial charge in [0.25, 0.3) is 0 Å². The lowest BCUT2D eigenvalue weighted by Gasteiger charge is -2.31. The molecule has 2 aromatic carbocycles. The molecule has 226 valence electrons. The molecule has 44 heavy (non-hydrogen) atoms. The Balaban J connectivity index is 1.31. The van der Waals surface area contributed by atoms with E-state index in [1.807, 2.05) is 80.1 Å². The van der Waals surface area contributed by atoms with E-state index in [-0.39, 0.29) is 12.7 Å². The Labute approximate surface area is 257 Å². The van der Waals surface area contributed by atoms with Gasteiger partial charge < -0.3 is 18.8 Å². The molecular formula is C35H36N4O5. The zero-order valence-corrected chi connectivity index (χ0v) is 25.5. The number of amides is 1. The number of carbonyl (C=O) groups is 2. The first-order valence-corrected chi connectivity index (χ1v) is 14.8. The largest absolute Gasteiger partial charge is 0.493 e. The van der Waals surface area contributed by atoms with Crippen molar-refractivity contribution in [3.05, 3.63) is 95.3 Å². The second-order valence-corrected chi connectivity index (χ2v) is 11.5. The molecule has 0 atom stereocenters. The molecule has 2 aromatic heterocycles. The minimum absolute atomic E-state index is 0.270. The number of carbonyl (C=O) groups excluding carboxylic acids is 2. The molecule has 1 amide bonds. The summed E-state index contributed by atoms with van der Waals surface area (Å²) < 4.78 is 18.8. The molecule has 0 N–H and O–H groups in total. The molecule has 9 nitrogen and oxygen atoms in total. The first kappa shape index (κ1) is 30.4. The summed E-state index contributed by atoms with van der Waals surface area (Å²) >= 11 is 0. The lowest BCUT2D eigenvalue weighted by Crippen LogP contribution is -2.40. The van der Waals surface area contributed by atoms with Crippen molar-refractivity contribution < 1.29 is 23.8 Å². The van der Waals surface area contributed by atoms with Crippen molar-refractivity contribution in [3.63, 3.8) is 0 Å². The van der Waals surface area contributed by atoms with Crippen molar-refractivity contribution >= 4 is 34.5 Å². The van der Waals surface area contributed by atoms with Crippen molar-refractivity contribution in [2.45, 2.75) is 52.6 Å². The summed E-state index contributed by atoms with van der Waals surface area (Å²) in [7, 11) is 0. The van der Waals surface area contributed by atoms with Crippen molar-refractivity contribution in [2.75, 3.05) is 24.7 Å². The lowest BCUT2D eigenvalue weighted by molar-refractivity contribution is -0.137. The molecule has 1 aliphatic rings. The topological polar surface area (TPSA) is 107 Å². The fourth-order valence-corrected chi connectivity index (χ4v) is 5.11. The summed E-state index contributed by atoms with van der Waals surface area (Å²) in [6.07, 6.45) is 5.29. The van der Waals surface area contributed by atoms with Crippen LogP contribution in [-0.2, 0) is 27.1 Å². The van der Waals surface area contributed by atoms with E-state index in [9.17, 15) is 14.9 Å². The second kappa shape index (κ2) is 13.0. The highest BCUT2D eigenvalue weighted by Crippen LogP contribution is 2.29. The standard InChI is InChI=1S/C35H36N4O5/c1-5-42-32(40)22-31(25-10-8-24(23-36)9-11-25)38-19-16-27-21-29(14-15-30(27)38)43-20-17-28-13-12-26-7-6-18-39(33(26)37-28)34(41)44-35(2,3)4/h8-16,19,21-22H,5-7,17-18,20H2,1-4H3. The Hall–Kier alpha value is -5.10. The smallest absolute Gasteiger partial charge is 0.416 e. The van der Waals surface area contributed by atoms with Gasteiger partial charge in [-0.15, -0.1) is 0 Å². The summed E-state index contributed by atoms with van der Waals surface area (Å²) in [5, 5.41) is 10.1. The van der Waals surface area contributed by atoms with E-state index < -0.39 is 11.6 Å². The maximum absolute atomic E-state index is 12.8. The molecule has 3 heterocycles. The van der Waals surface area contributed by atoms with Gasteiger partial charge in [0, 0.05) is 36.3 Å². The monoisotopic (exact) mass is 592 g/mol. The number of hydrogen-bond donors (Lipinski definition) is 0. The zero-order valence-electron chi connectivity index (χ0n) is 25.5. The molecular weight excluding hydrogens is 556 g/mol. The Morgan fingerprint density at radius 3 is 2.59 bits per heavy atom. The van der Waals surface area contributed by atoms with Gasteiger partial charge in [0.05, 0.1) is 36.1 Å². The number of aromatic nitrogens is 2. The zero-order chi connectivity index (χ0) is 31.3. The molecule has 0 saturated carbocycles. The molecule has 0 radical (unpaired) electrons. The predicted octanol–water partition coefficient (Wildman–Crippen LogP) is 6.67. The van der Waals surface area contributed by atoms with Gasteiger partial charge in [-0.05, 0) is 94.1 Å². The highest BCUT2D eigenvalue weighted by molar-refractivity contribution is 5.95. The molecule has 5 rings (SSSR count). The van der Waals surface area contributed by atoms with E-state index in [1.54, 1.807) is 24.0 Å². The number of benzene rings is 2. The van der Waals surface area contributed by atoms with E-state index in [2.05, 4.69) is 6.07 Å². The molecule has 0 aliphatic carbocycles. The number of fused-ring (bicyclic) bond motifs is 2. The number of anilines is 1. The predicted molar refractivity (Wildman–Crippen MR) is 168 cm³/mol. The quantitative estimate of drug-likeness (QED) is 0.166. The fraction of sp³-hybridized carbons (Fsp3) is 0.314. The third-order valence-corrected chi connectivity index (χ3v) is 7.11. The van der Waals surface area contributed by atoms with Crippen LogP contribution in [0.4, 0.5) is 10.6 Å². The maximum atomic E-state index is 12.8. The van der Waals surface area contributed by atoms with Crippen LogP contribution < -0.4 is 9.64 Å². The molecule has 0 spiro atoms. The number of rotatable bonds is 8. The summed E-state index contributed by atoms with van der Waals surface area (Å²) in [4.78, 5) is 31.7. The van der Waals surface area contributed by atoms with Crippen molar-refractivity contribution in [1.82, 2.24) is 9.55 Å². The van der Waals surface area contributed by atoms with Crippen LogP contribution in [-0.4, -0.2) is 47.0 Å². The summed E-state index contributed by atoms with van der Waals surface area (Å²) in [5.41, 5.74) is 4.13. The van der Waals surface area contributed by atoms with Crippen LogP contribution in [0, 0.1) is 11.3 Å². The van der Waals surface area contributed by atoms with Gasteiger partial charge in [0.2, 0.25) is 0 Å². The van der Waals surface area contributed by atoms with Crippen LogP contribution in [0.2, 0.25) is 0 Å². The van der Waals surface area contributed by atoms with Gasteiger partial charge in [-0.25, -0.2) is 14.6 Å². The SMILES string of the molecule is CCOC(=O)C=C(c1ccc(C#N)cc1)n1ccc2cc(OCCc3ccc4c(n3)N(C(=O)OC(C)(C)C)CCC4)ccc21. The van der Waals surface area contributed by atoms with Gasteiger partial charge in [-0.2, -0.15) is 5.26 Å². The van der Waals surface area contributed by atoms with Gasteiger partial charge in [-0.3, -0.25) is 4.90 Å². The van der Waals surface area contributed by atoms with E-state index in [0.29, 0.717) is 42.4 Å². The summed E-state index contributed by atoms with van der Waals surface area (Å²) in [6.45, 7) is 8.60. The van der Waals surface area contributed by atoms with Crippen LogP contribution in [0.3, 0.4) is 0 Å². The molecule has 0 saturated heterocycles. The molecule has 1 aliphatic heterocycles. The number of ether oxygens (including phenoxy) is 3. The van der Waals surface area contributed by atoms with Crippen LogP contribution in [0.15, 0.2) is 72.9 Å². The third kappa shape index (κ3) is 7.09. The second-order valence-electron chi connectivity index (χ2n) is 11.5. The van der Waals surface area contributed by atoms with E-state index >= 15 is 0 Å². The van der Waals surface area contributed by atoms with Crippen molar-refractivity contribution in [1.29, 1.82) is 5.26 Å². The molecule has 0 unspecified atom stereocenters. The van der Waals surface area contributed by atoms with Crippen LogP contribution >= 0.6 is 0 Å². The minimum Gasteiger partial charge on any atom is -0.493 e. The number of hydrogen-bond acceptors (Lipinski definition) is 7. The minimum atomic E-state index is -0.579. The number of nitriles is 1. The molecule has 0 fully saturated rings. The van der Waals surface area contributed by atoms with Crippen molar-refractivity contribution in [3.8, 4) is 11.8 Å². The molecule has 4 aromatic rings. The third-order valence-electron chi connectivity index (χ3n) is 7.11. The van der Waals surface area contributed by atoms with Gasteiger partial charge in [0.1, 0.15) is 17.2 Å². The Morgan fingerprint density at radius 2 is 1.86 bits per heavy atom. The average molecular weight is 593 g/mol. The number of esters is 1. The first-order valence-electron chi connectivity index (χ1n) is 14.8. The molecule has 0 bridgehead atoms. The highest BCUT2D eigenvalue weighted by atomic mass is 16.6. The Morgan fingerprint density at radius 1 is 1.07 bits per heavy atom. The Kier molecular flexibility index (Phi) is 9.00. The number of aryl methyl sites for hydroxylation is 1. The fourth-order valence-electron chi connectivity index (χ4n) is 5.11. The van der Waals surface area contributed by atoms with Crippen molar-refractivity contribution in [2.24, 2.45) is 0 Å². The van der Waals surface area contributed by atoms with Gasteiger partial charge in [-0.1, -0.05) is 18.2 Å². The van der Waals surface area contributed by atoms with E-state index in [0.717, 1.165) is 40.6 Å². The lowest BCUT2D eigenvalue weighted by atomic mass is 10.1. The summed E-state index contributed by atoms with van der Waals surface area (Å²) in [6, 6.07) is 21.0. The van der Waals surface area contributed by atoms with Gasteiger partial charge in [0.15, 0.2) is 0 Å². The highest BCUT2D eigenvalue weighted by Gasteiger charge is 2.28. The molecule has 9 heteroatoms. The van der Waals surface area contributed by atoms with E-state index in [1.165, 1.54) is 6.08 Å². The van der Waals surface area contributed by atoms with Gasteiger partial charge >= 0.3 is 12.1 Å². The first-order chi connectivity index (χ1) is 21.1. The number of nitrogens with zero attached hydrogens (tertiary/aromatic N) is 4. The number of pyridine rings is 1. The maximum Gasteiger partial charge on any atom is 0.416 e. The van der Waals surface area contributed by atoms with Crippen LogP contribution in [0.1, 0.15) is 56.5 Å². The van der Waals surface area contributed by atoms with Crippen LogP contribution in [0.5, 0.6) is 5.75 Å². The summed E-state index contributed by atoms with van der Waals surface area (Å²) in [5.74, 6) is 0.927. The van der Waals surface area contributed by atoms with E-state index in [4.69, 9.17) is 19.2 Å². The van der Waals surface area contributed by atoms with Crippen LogP contribution in [0.25, 0.3) is 16.6 Å².